The van der Waals surface area contributed by atoms with E-state index < -0.39 is 0 Å². The van der Waals surface area contributed by atoms with Crippen molar-refractivity contribution in [3.05, 3.63) is 6.61 Å². The molecule has 2 rings (SSSR count). The maximum absolute atomic E-state index is 5.65. The second kappa shape index (κ2) is 2.51. The Morgan fingerprint density at radius 3 is 2.80 bits per heavy atom. The summed E-state index contributed by atoms with van der Waals surface area (Å²) in [7, 11) is 0. The third kappa shape index (κ3) is 1.06. The Bertz CT molecular complexity index is 108. The highest BCUT2D eigenvalue weighted by Gasteiger charge is 2.40. The highest BCUT2D eigenvalue weighted by Crippen LogP contribution is 2.33. The number of rotatable bonds is 0. The largest absolute Gasteiger partial charge is 0.370 e. The Morgan fingerprint density at radius 2 is 2.10 bits per heavy atom. The molecule has 2 aliphatic rings. The van der Waals surface area contributed by atoms with Crippen molar-refractivity contribution in [3.8, 4) is 0 Å². The topological polar surface area (TPSA) is 18.5 Å². The van der Waals surface area contributed by atoms with Crippen LogP contribution in [0.25, 0.3) is 0 Å². The molecule has 2 fully saturated rings. The molecule has 0 bridgehead atoms. The van der Waals surface area contributed by atoms with Crippen molar-refractivity contribution in [1.82, 2.24) is 0 Å². The van der Waals surface area contributed by atoms with Gasteiger partial charge in [0.15, 0.2) is 0 Å². The van der Waals surface area contributed by atoms with Gasteiger partial charge in [0.1, 0.15) is 12.2 Å². The van der Waals surface area contributed by atoms with Gasteiger partial charge in [-0.05, 0) is 12.8 Å². The first-order valence-corrected chi connectivity index (χ1v) is 4.01. The van der Waals surface area contributed by atoms with Crippen LogP contribution in [0.1, 0.15) is 25.7 Å². The Morgan fingerprint density at radius 1 is 1.20 bits per heavy atom. The van der Waals surface area contributed by atoms with Crippen molar-refractivity contribution in [2.45, 2.75) is 31.3 Å². The summed E-state index contributed by atoms with van der Waals surface area (Å²) in [6, 6.07) is 0. The third-order valence-electron chi connectivity index (χ3n) is 2.26. The van der Waals surface area contributed by atoms with Crippen molar-refractivity contribution in [1.29, 1.82) is 0 Å². The van der Waals surface area contributed by atoms with Crippen molar-refractivity contribution < 1.29 is 9.47 Å². The van der Waals surface area contributed by atoms with Crippen LogP contribution in [0.2, 0.25) is 0 Å². The van der Waals surface area contributed by atoms with E-state index >= 15 is 0 Å². The molecule has 0 amide bonds. The van der Waals surface area contributed by atoms with Crippen LogP contribution < -0.4 is 0 Å². The Kier molecular flexibility index (Phi) is 1.66. The number of hydrogen-bond acceptors (Lipinski definition) is 2. The minimum atomic E-state index is 0.0382. The summed E-state index contributed by atoms with van der Waals surface area (Å²) in [5.74, 6) is 0. The molecule has 0 aliphatic carbocycles. The average Bonchev–Trinajstić information content (AvgIpc) is 2.08. The van der Waals surface area contributed by atoms with Gasteiger partial charge in [-0.15, -0.1) is 0 Å². The monoisotopic (exact) mass is 141 g/mol. The van der Waals surface area contributed by atoms with Gasteiger partial charge in [-0.1, -0.05) is 12.8 Å². The second-order valence-electron chi connectivity index (χ2n) is 3.15. The van der Waals surface area contributed by atoms with Gasteiger partial charge in [-0.2, -0.15) is 0 Å². The fraction of sp³-hybridized carbons (Fsp3) is 0.875. The SMILES string of the molecule is [CH]1OCC12CCCCCO2. The first kappa shape index (κ1) is 6.62. The molecule has 1 unspecified atom stereocenters. The summed E-state index contributed by atoms with van der Waals surface area (Å²) >= 11 is 0. The third-order valence-corrected chi connectivity index (χ3v) is 2.26. The van der Waals surface area contributed by atoms with Gasteiger partial charge in [-0.25, -0.2) is 0 Å². The minimum Gasteiger partial charge on any atom is -0.370 e. The molecule has 0 N–H and O–H groups in total. The quantitative estimate of drug-likeness (QED) is 0.509. The smallest absolute Gasteiger partial charge is 0.120 e. The summed E-state index contributed by atoms with van der Waals surface area (Å²) in [6.07, 6.45) is 4.98. The van der Waals surface area contributed by atoms with Gasteiger partial charge in [-0.3, -0.25) is 0 Å². The van der Waals surface area contributed by atoms with Crippen LogP contribution in [0, 0.1) is 6.61 Å². The molecular formula is C8H13O2. The number of hydrogen-bond donors (Lipinski definition) is 0. The van der Waals surface area contributed by atoms with Gasteiger partial charge in [0, 0.05) is 6.61 Å². The summed E-state index contributed by atoms with van der Waals surface area (Å²) in [5.41, 5.74) is 0.0382. The molecule has 1 spiro atoms. The summed E-state index contributed by atoms with van der Waals surface area (Å²) < 4.78 is 10.7. The van der Waals surface area contributed by atoms with Crippen LogP contribution in [0.3, 0.4) is 0 Å². The lowest BCUT2D eigenvalue weighted by Crippen LogP contribution is -2.47. The first-order chi connectivity index (χ1) is 4.91. The molecule has 2 nitrogen and oxygen atoms in total. The molecule has 10 heavy (non-hydrogen) atoms. The van der Waals surface area contributed by atoms with Crippen LogP contribution in [-0.4, -0.2) is 18.8 Å². The van der Waals surface area contributed by atoms with Crippen molar-refractivity contribution in [3.63, 3.8) is 0 Å². The lowest BCUT2D eigenvalue weighted by atomic mass is 9.95. The lowest BCUT2D eigenvalue weighted by Gasteiger charge is -2.39. The summed E-state index contributed by atoms with van der Waals surface area (Å²) in [5, 5.41) is 0. The zero-order chi connectivity index (χ0) is 6.86. The van der Waals surface area contributed by atoms with Crippen molar-refractivity contribution in [2.24, 2.45) is 0 Å². The molecule has 2 aliphatic heterocycles. The van der Waals surface area contributed by atoms with Crippen molar-refractivity contribution >= 4 is 0 Å². The Labute approximate surface area is 61.5 Å². The molecule has 0 aromatic rings. The van der Waals surface area contributed by atoms with Crippen LogP contribution in [0.5, 0.6) is 0 Å². The molecule has 1 radical (unpaired) electrons. The molecule has 0 aromatic heterocycles. The maximum atomic E-state index is 5.65. The van der Waals surface area contributed by atoms with Gasteiger partial charge in [0.05, 0.1) is 6.61 Å². The maximum Gasteiger partial charge on any atom is 0.120 e. The minimum absolute atomic E-state index is 0.0382. The first-order valence-electron chi connectivity index (χ1n) is 4.01. The zero-order valence-electron chi connectivity index (χ0n) is 6.14. The number of ether oxygens (including phenoxy) is 2. The molecule has 2 heteroatoms. The van der Waals surface area contributed by atoms with Crippen LogP contribution in [-0.2, 0) is 9.47 Å². The standard InChI is InChI=1S/C8H13O2/c1-2-4-8(6-9-7-8)10-5-3-1/h6H,1-5,7H2. The lowest BCUT2D eigenvalue weighted by molar-refractivity contribution is -0.164. The molecule has 2 heterocycles. The van der Waals surface area contributed by atoms with Crippen LogP contribution in [0.15, 0.2) is 0 Å². The van der Waals surface area contributed by atoms with Crippen molar-refractivity contribution in [2.75, 3.05) is 13.2 Å². The van der Waals surface area contributed by atoms with Gasteiger partial charge >= 0.3 is 0 Å². The predicted octanol–water partition coefficient (Wildman–Crippen LogP) is 1.51. The highest BCUT2D eigenvalue weighted by atomic mass is 16.6. The Hall–Kier alpha value is -0.0800. The zero-order valence-corrected chi connectivity index (χ0v) is 6.14. The van der Waals surface area contributed by atoms with Crippen LogP contribution in [0.4, 0.5) is 0 Å². The van der Waals surface area contributed by atoms with E-state index in [4.69, 9.17) is 9.47 Å². The van der Waals surface area contributed by atoms with E-state index in [1.807, 2.05) is 6.61 Å². The molecule has 0 saturated carbocycles. The van der Waals surface area contributed by atoms with Gasteiger partial charge < -0.3 is 9.47 Å². The van der Waals surface area contributed by atoms with E-state index in [0.29, 0.717) is 0 Å². The average molecular weight is 141 g/mol. The van der Waals surface area contributed by atoms with E-state index in [2.05, 4.69) is 0 Å². The fourth-order valence-electron chi connectivity index (χ4n) is 1.53. The molecular weight excluding hydrogens is 128 g/mol. The summed E-state index contributed by atoms with van der Waals surface area (Å²) in [4.78, 5) is 0. The fourth-order valence-corrected chi connectivity index (χ4v) is 1.53. The highest BCUT2D eigenvalue weighted by molar-refractivity contribution is 4.97. The Balaban J connectivity index is 1.92. The molecule has 1 atom stereocenters. The molecule has 0 aromatic carbocycles. The molecule has 57 valence electrons. The summed E-state index contributed by atoms with van der Waals surface area (Å²) in [6.45, 7) is 3.56. The van der Waals surface area contributed by atoms with E-state index in [1.165, 1.54) is 19.3 Å². The van der Waals surface area contributed by atoms with E-state index in [1.54, 1.807) is 0 Å². The van der Waals surface area contributed by atoms with E-state index in [-0.39, 0.29) is 5.60 Å². The normalized spacial score (nSPS) is 31.2. The van der Waals surface area contributed by atoms with E-state index in [9.17, 15) is 0 Å². The van der Waals surface area contributed by atoms with Gasteiger partial charge in [0.2, 0.25) is 0 Å². The predicted molar refractivity (Wildman–Crippen MR) is 37.4 cm³/mol. The van der Waals surface area contributed by atoms with Gasteiger partial charge in [0.25, 0.3) is 0 Å². The second-order valence-corrected chi connectivity index (χ2v) is 3.15. The molecule has 2 saturated heterocycles. The van der Waals surface area contributed by atoms with E-state index in [0.717, 1.165) is 19.6 Å². The van der Waals surface area contributed by atoms with Crippen LogP contribution >= 0.6 is 0 Å².